The summed E-state index contributed by atoms with van der Waals surface area (Å²) in [5, 5.41) is 2.59. The molecule has 1 aromatic heterocycles. The number of hydrogen-bond acceptors (Lipinski definition) is 4. The van der Waals surface area contributed by atoms with Gasteiger partial charge in [0.05, 0.1) is 11.2 Å². The molecule has 230 valence electrons. The van der Waals surface area contributed by atoms with Crippen LogP contribution in [-0.4, -0.2) is 18.3 Å². The quantitative estimate of drug-likeness (QED) is 0.171. The first kappa shape index (κ1) is 29.7. The van der Waals surface area contributed by atoms with Gasteiger partial charge in [0.1, 0.15) is 0 Å². The maximum absolute atomic E-state index is 6.32. The molecule has 0 aliphatic carbocycles. The van der Waals surface area contributed by atoms with Crippen LogP contribution in [0.3, 0.4) is 0 Å². The fraction of sp³-hybridized carbons (Fsp3) is 0.143. The van der Waals surface area contributed by atoms with Crippen LogP contribution < -0.4 is 10.4 Å². The molecule has 5 heteroatoms. The van der Waals surface area contributed by atoms with Crippen LogP contribution in [0.4, 0.5) is 17.1 Å². The first-order valence-electron chi connectivity index (χ1n) is 16.2. The van der Waals surface area contributed by atoms with Crippen molar-refractivity contribution in [2.45, 2.75) is 38.9 Å². The van der Waals surface area contributed by atoms with Crippen LogP contribution in [0.1, 0.15) is 27.7 Å². The van der Waals surface area contributed by atoms with Gasteiger partial charge in [0.15, 0.2) is 0 Å². The smallest absolute Gasteiger partial charge is 0.399 e. The molecule has 7 aromatic rings. The fourth-order valence-electron chi connectivity index (χ4n) is 6.49. The predicted molar refractivity (Wildman–Crippen MR) is 201 cm³/mol. The van der Waals surface area contributed by atoms with E-state index in [1.165, 1.54) is 42.4 Å². The van der Waals surface area contributed by atoms with E-state index in [1.54, 1.807) is 0 Å². The summed E-state index contributed by atoms with van der Waals surface area (Å²) in [4.78, 5) is 2.30. The van der Waals surface area contributed by atoms with E-state index in [4.69, 9.17) is 9.31 Å². The van der Waals surface area contributed by atoms with Crippen molar-refractivity contribution >= 4 is 61.2 Å². The lowest BCUT2D eigenvalue weighted by atomic mass is 9.78. The van der Waals surface area contributed by atoms with Gasteiger partial charge < -0.3 is 14.2 Å². The van der Waals surface area contributed by atoms with Crippen LogP contribution in [-0.2, 0) is 9.31 Å². The number of rotatable bonds is 6. The molecule has 2 heterocycles. The second-order valence-corrected chi connectivity index (χ2v) is 14.3. The zero-order chi connectivity index (χ0) is 32.2. The second kappa shape index (κ2) is 11.5. The molecule has 0 spiro atoms. The summed E-state index contributed by atoms with van der Waals surface area (Å²) < 4.78 is 15.2. The Balaban J connectivity index is 1.19. The summed E-state index contributed by atoms with van der Waals surface area (Å²) in [6.07, 6.45) is 0. The number of thiophene rings is 1. The largest absolute Gasteiger partial charge is 0.494 e. The van der Waals surface area contributed by atoms with Gasteiger partial charge in [-0.1, -0.05) is 103 Å². The molecule has 1 aliphatic heterocycles. The van der Waals surface area contributed by atoms with Crippen LogP contribution in [0, 0.1) is 0 Å². The lowest BCUT2D eigenvalue weighted by Gasteiger charge is -2.32. The number of benzene rings is 6. The van der Waals surface area contributed by atoms with Gasteiger partial charge >= 0.3 is 7.12 Å². The number of nitrogens with zero attached hydrogens (tertiary/aromatic N) is 1. The van der Waals surface area contributed by atoms with Crippen molar-refractivity contribution in [1.29, 1.82) is 0 Å². The predicted octanol–water partition coefficient (Wildman–Crippen LogP) is 11.2. The van der Waals surface area contributed by atoms with E-state index in [1.807, 2.05) is 11.3 Å². The highest BCUT2D eigenvalue weighted by Crippen LogP contribution is 2.45. The molecule has 0 unspecified atom stereocenters. The number of fused-ring (bicyclic) bond motifs is 3. The summed E-state index contributed by atoms with van der Waals surface area (Å²) >= 11 is 1.87. The van der Waals surface area contributed by atoms with Crippen LogP contribution in [0.2, 0.25) is 0 Å². The maximum atomic E-state index is 6.32. The molecule has 47 heavy (non-hydrogen) atoms. The average Bonchev–Trinajstić information content (AvgIpc) is 3.59. The van der Waals surface area contributed by atoms with Crippen molar-refractivity contribution in [1.82, 2.24) is 0 Å². The summed E-state index contributed by atoms with van der Waals surface area (Å²) in [7, 11) is -0.372. The Labute approximate surface area is 281 Å². The third-order valence-corrected chi connectivity index (χ3v) is 10.9. The summed E-state index contributed by atoms with van der Waals surface area (Å²) in [5.74, 6) is 0. The fourth-order valence-corrected chi connectivity index (χ4v) is 7.75. The number of anilines is 3. The van der Waals surface area contributed by atoms with Gasteiger partial charge in [-0.05, 0) is 97.9 Å². The molecule has 1 aliphatic rings. The first-order valence-corrected chi connectivity index (χ1v) is 17.0. The zero-order valence-electron chi connectivity index (χ0n) is 27.1. The Bertz CT molecular complexity index is 2140. The third kappa shape index (κ3) is 5.25. The number of para-hydroxylation sites is 2. The van der Waals surface area contributed by atoms with Gasteiger partial charge in [-0.3, -0.25) is 0 Å². The third-order valence-electron chi connectivity index (χ3n) is 9.74. The Hall–Kier alpha value is -4.68. The second-order valence-electron chi connectivity index (χ2n) is 13.2. The SMILES string of the molecule is CC1(C)OB(c2ccc(-c3ccc(-c4ccc(N(c5ccccc5)c5ccccc5)cc4)c4c3sc3ccccc34)cc2)OC1(C)C. The van der Waals surface area contributed by atoms with Crippen LogP contribution in [0.25, 0.3) is 42.4 Å². The summed E-state index contributed by atoms with van der Waals surface area (Å²) in [6, 6.07) is 52.1. The van der Waals surface area contributed by atoms with Crippen LogP contribution >= 0.6 is 11.3 Å². The molecular formula is C42H36BNO2S. The molecule has 0 saturated carbocycles. The monoisotopic (exact) mass is 629 g/mol. The van der Waals surface area contributed by atoms with E-state index >= 15 is 0 Å². The van der Waals surface area contributed by atoms with Crippen molar-refractivity contribution < 1.29 is 9.31 Å². The molecule has 1 saturated heterocycles. The van der Waals surface area contributed by atoms with E-state index < -0.39 is 0 Å². The Morgan fingerprint density at radius 3 is 1.62 bits per heavy atom. The maximum Gasteiger partial charge on any atom is 0.494 e. The highest BCUT2D eigenvalue weighted by Gasteiger charge is 2.51. The Morgan fingerprint density at radius 1 is 0.511 bits per heavy atom. The van der Waals surface area contributed by atoms with Gasteiger partial charge in [-0.2, -0.15) is 0 Å². The Morgan fingerprint density at radius 2 is 1.00 bits per heavy atom. The molecule has 8 rings (SSSR count). The molecule has 0 radical (unpaired) electrons. The van der Waals surface area contributed by atoms with Crippen molar-refractivity contribution in [2.24, 2.45) is 0 Å². The van der Waals surface area contributed by atoms with E-state index in [0.29, 0.717) is 0 Å². The highest BCUT2D eigenvalue weighted by molar-refractivity contribution is 7.26. The van der Waals surface area contributed by atoms with E-state index in [2.05, 4.69) is 178 Å². The standard InChI is InChI=1S/C42H36BNO2S/c1-41(2)42(3,4)46-43(45-41)31-23-19-30(20-24-31)36-28-27-35(39-37-17-11-12-18-38(37)47-40(36)39)29-21-25-34(26-22-29)44(32-13-7-5-8-14-32)33-15-9-6-10-16-33/h5-28H,1-4H3. The van der Waals surface area contributed by atoms with E-state index in [0.717, 1.165) is 22.5 Å². The topological polar surface area (TPSA) is 21.7 Å². The number of hydrogen-bond donors (Lipinski definition) is 0. The zero-order valence-corrected chi connectivity index (χ0v) is 27.9. The van der Waals surface area contributed by atoms with Gasteiger partial charge in [0, 0.05) is 37.2 Å². The minimum Gasteiger partial charge on any atom is -0.399 e. The molecule has 0 amide bonds. The molecule has 1 fully saturated rings. The molecule has 6 aromatic carbocycles. The summed E-state index contributed by atoms with van der Waals surface area (Å²) in [5.41, 5.74) is 8.56. The highest BCUT2D eigenvalue weighted by atomic mass is 32.1. The molecule has 0 bridgehead atoms. The molecular weight excluding hydrogens is 593 g/mol. The van der Waals surface area contributed by atoms with Gasteiger partial charge in [-0.25, -0.2) is 0 Å². The van der Waals surface area contributed by atoms with Crippen LogP contribution in [0.15, 0.2) is 146 Å². The lowest BCUT2D eigenvalue weighted by molar-refractivity contribution is 0.00578. The van der Waals surface area contributed by atoms with Crippen molar-refractivity contribution in [3.8, 4) is 22.3 Å². The summed E-state index contributed by atoms with van der Waals surface area (Å²) in [6.45, 7) is 8.38. The molecule has 0 atom stereocenters. The van der Waals surface area contributed by atoms with E-state index in [-0.39, 0.29) is 18.3 Å². The molecule has 3 nitrogen and oxygen atoms in total. The first-order chi connectivity index (χ1) is 22.8. The van der Waals surface area contributed by atoms with Gasteiger partial charge in [-0.15, -0.1) is 11.3 Å². The van der Waals surface area contributed by atoms with Crippen molar-refractivity contribution in [3.05, 3.63) is 146 Å². The average molecular weight is 630 g/mol. The van der Waals surface area contributed by atoms with Crippen molar-refractivity contribution in [2.75, 3.05) is 4.90 Å². The molecule has 0 N–H and O–H groups in total. The Kier molecular flexibility index (Phi) is 7.29. The van der Waals surface area contributed by atoms with Crippen LogP contribution in [0.5, 0.6) is 0 Å². The van der Waals surface area contributed by atoms with Gasteiger partial charge in [0.25, 0.3) is 0 Å². The normalized spacial score (nSPS) is 15.4. The minimum absolute atomic E-state index is 0.366. The van der Waals surface area contributed by atoms with Crippen molar-refractivity contribution in [3.63, 3.8) is 0 Å². The van der Waals surface area contributed by atoms with E-state index in [9.17, 15) is 0 Å². The minimum atomic E-state index is -0.372. The lowest BCUT2D eigenvalue weighted by Crippen LogP contribution is -2.41. The van der Waals surface area contributed by atoms with Gasteiger partial charge in [0.2, 0.25) is 0 Å².